The van der Waals surface area contributed by atoms with Crippen LogP contribution in [0.3, 0.4) is 0 Å². The van der Waals surface area contributed by atoms with Gasteiger partial charge in [0.15, 0.2) is 12.4 Å². The lowest BCUT2D eigenvalue weighted by Crippen LogP contribution is -2.33. The van der Waals surface area contributed by atoms with Gasteiger partial charge in [-0.3, -0.25) is 9.59 Å². The van der Waals surface area contributed by atoms with E-state index in [1.807, 2.05) is 0 Å². The number of halogens is 1. The molecular weight excluding hydrogens is 344 g/mol. The molecule has 0 saturated heterocycles. The van der Waals surface area contributed by atoms with Crippen molar-refractivity contribution in [2.24, 2.45) is 0 Å². The molecule has 0 fully saturated rings. The fraction of sp³-hybridized carbons (Fsp3) is 0.278. The van der Waals surface area contributed by atoms with Crippen LogP contribution in [-0.2, 0) is 9.53 Å². The van der Waals surface area contributed by atoms with Gasteiger partial charge < -0.3 is 15.3 Å². The van der Waals surface area contributed by atoms with Crippen LogP contribution >= 0.6 is 11.6 Å². The van der Waals surface area contributed by atoms with E-state index in [9.17, 15) is 14.8 Å². The fourth-order valence-corrected chi connectivity index (χ4v) is 2.57. The zero-order chi connectivity index (χ0) is 18.4. The largest absolute Gasteiger partial charge is 0.619 e. The SMILES string of the molecule is CC(C)OC(=O)CC(NC(=O)c1ccc[n+]([O-])c1)c1ccccc1Cl. The molecule has 0 aliphatic carbocycles. The third-order valence-corrected chi connectivity index (χ3v) is 3.71. The Morgan fingerprint density at radius 2 is 1.96 bits per heavy atom. The van der Waals surface area contributed by atoms with Gasteiger partial charge in [0.1, 0.15) is 5.56 Å². The van der Waals surface area contributed by atoms with E-state index in [1.165, 1.54) is 18.3 Å². The smallest absolute Gasteiger partial charge is 0.308 e. The number of benzene rings is 1. The van der Waals surface area contributed by atoms with Crippen molar-refractivity contribution in [3.63, 3.8) is 0 Å². The summed E-state index contributed by atoms with van der Waals surface area (Å²) >= 11 is 6.21. The number of hydrogen-bond donors (Lipinski definition) is 1. The molecular formula is C18H19ClN2O4. The van der Waals surface area contributed by atoms with Crippen molar-refractivity contribution in [3.05, 3.63) is 70.1 Å². The number of amides is 1. The van der Waals surface area contributed by atoms with Gasteiger partial charge in [-0.05, 0) is 31.5 Å². The molecule has 1 atom stereocenters. The summed E-state index contributed by atoms with van der Waals surface area (Å²) < 4.78 is 5.70. The molecule has 2 aromatic rings. The molecule has 0 saturated carbocycles. The maximum atomic E-state index is 12.4. The first-order chi connectivity index (χ1) is 11.9. The average molecular weight is 363 g/mol. The average Bonchev–Trinajstić information content (AvgIpc) is 2.54. The van der Waals surface area contributed by atoms with E-state index in [4.69, 9.17) is 16.3 Å². The molecule has 7 heteroatoms. The summed E-state index contributed by atoms with van der Waals surface area (Å²) in [6.07, 6.45) is 2.11. The Bertz CT molecular complexity index is 764. The molecule has 1 unspecified atom stereocenters. The van der Waals surface area contributed by atoms with Gasteiger partial charge in [-0.1, -0.05) is 29.8 Å². The highest BCUT2D eigenvalue weighted by Gasteiger charge is 2.23. The summed E-state index contributed by atoms with van der Waals surface area (Å²) in [6, 6.07) is 9.25. The van der Waals surface area contributed by atoms with Gasteiger partial charge in [-0.25, -0.2) is 0 Å². The summed E-state index contributed by atoms with van der Waals surface area (Å²) in [5.41, 5.74) is 0.788. The number of ether oxygens (including phenoxy) is 1. The number of esters is 1. The summed E-state index contributed by atoms with van der Waals surface area (Å²) in [5.74, 6) is -0.931. The zero-order valence-electron chi connectivity index (χ0n) is 13.9. The first-order valence-electron chi connectivity index (χ1n) is 7.80. The minimum Gasteiger partial charge on any atom is -0.619 e. The number of pyridine rings is 1. The van der Waals surface area contributed by atoms with Crippen molar-refractivity contribution < 1.29 is 19.1 Å². The van der Waals surface area contributed by atoms with E-state index in [2.05, 4.69) is 5.32 Å². The Morgan fingerprint density at radius 1 is 1.24 bits per heavy atom. The normalized spacial score (nSPS) is 11.8. The van der Waals surface area contributed by atoms with Gasteiger partial charge in [-0.2, -0.15) is 4.73 Å². The molecule has 1 N–H and O–H groups in total. The first-order valence-corrected chi connectivity index (χ1v) is 8.18. The maximum Gasteiger partial charge on any atom is 0.308 e. The minimum absolute atomic E-state index is 0.0716. The minimum atomic E-state index is -0.673. The van der Waals surface area contributed by atoms with Crippen LogP contribution < -0.4 is 10.0 Å². The standard InChI is InChI=1S/C18H19ClN2O4/c1-12(2)25-17(22)10-16(14-7-3-4-8-15(14)19)20-18(23)13-6-5-9-21(24)11-13/h3-9,11-12,16H,10H2,1-2H3,(H,20,23). The highest BCUT2D eigenvalue weighted by molar-refractivity contribution is 6.31. The molecule has 132 valence electrons. The fourth-order valence-electron chi connectivity index (χ4n) is 2.30. The molecule has 2 rings (SSSR count). The van der Waals surface area contributed by atoms with Crippen molar-refractivity contribution in [2.45, 2.75) is 32.4 Å². The lowest BCUT2D eigenvalue weighted by Gasteiger charge is -2.20. The van der Waals surface area contributed by atoms with Gasteiger partial charge in [-0.15, -0.1) is 0 Å². The van der Waals surface area contributed by atoms with Crippen molar-refractivity contribution in [1.29, 1.82) is 0 Å². The van der Waals surface area contributed by atoms with Crippen LogP contribution in [-0.4, -0.2) is 18.0 Å². The van der Waals surface area contributed by atoms with E-state index in [1.54, 1.807) is 38.1 Å². The molecule has 0 bridgehead atoms. The Balaban J connectivity index is 2.23. The van der Waals surface area contributed by atoms with E-state index in [0.29, 0.717) is 15.3 Å². The van der Waals surface area contributed by atoms with Crippen molar-refractivity contribution >= 4 is 23.5 Å². The van der Waals surface area contributed by atoms with Crippen molar-refractivity contribution in [1.82, 2.24) is 5.32 Å². The Labute approximate surface area is 151 Å². The van der Waals surface area contributed by atoms with Gasteiger partial charge >= 0.3 is 5.97 Å². The van der Waals surface area contributed by atoms with E-state index in [-0.39, 0.29) is 18.1 Å². The van der Waals surface area contributed by atoms with E-state index in [0.717, 1.165) is 6.20 Å². The second-order valence-electron chi connectivity index (χ2n) is 5.74. The van der Waals surface area contributed by atoms with Crippen LogP contribution in [0.15, 0.2) is 48.8 Å². The number of nitrogens with one attached hydrogen (secondary N) is 1. The molecule has 1 amide bonds. The lowest BCUT2D eigenvalue weighted by molar-refractivity contribution is -0.605. The Morgan fingerprint density at radius 3 is 2.60 bits per heavy atom. The van der Waals surface area contributed by atoms with Gasteiger partial charge in [0.25, 0.3) is 5.91 Å². The molecule has 0 aliphatic rings. The van der Waals surface area contributed by atoms with Crippen LogP contribution in [0.25, 0.3) is 0 Å². The van der Waals surface area contributed by atoms with Gasteiger partial charge in [0.05, 0.1) is 18.6 Å². The quantitative estimate of drug-likeness (QED) is 0.486. The highest BCUT2D eigenvalue weighted by Crippen LogP contribution is 2.26. The molecule has 0 radical (unpaired) electrons. The van der Waals surface area contributed by atoms with Crippen LogP contribution in [0, 0.1) is 5.21 Å². The van der Waals surface area contributed by atoms with Crippen molar-refractivity contribution in [3.8, 4) is 0 Å². The third kappa shape index (κ3) is 5.46. The van der Waals surface area contributed by atoms with Gasteiger partial charge in [0.2, 0.25) is 0 Å². The van der Waals surface area contributed by atoms with E-state index < -0.39 is 17.9 Å². The molecule has 6 nitrogen and oxygen atoms in total. The third-order valence-electron chi connectivity index (χ3n) is 3.36. The molecule has 25 heavy (non-hydrogen) atoms. The van der Waals surface area contributed by atoms with Crippen LogP contribution in [0.4, 0.5) is 0 Å². The zero-order valence-corrected chi connectivity index (χ0v) is 14.7. The number of carbonyl (C=O) groups excluding carboxylic acids is 2. The number of carbonyl (C=O) groups is 2. The maximum absolute atomic E-state index is 12.4. The second kappa shape index (κ2) is 8.48. The molecule has 1 aromatic heterocycles. The number of aromatic nitrogens is 1. The topological polar surface area (TPSA) is 82.3 Å². The summed E-state index contributed by atoms with van der Waals surface area (Å²) in [6.45, 7) is 3.50. The number of rotatable bonds is 6. The van der Waals surface area contributed by atoms with Crippen molar-refractivity contribution in [2.75, 3.05) is 0 Å². The summed E-state index contributed by atoms with van der Waals surface area (Å²) in [4.78, 5) is 24.5. The number of nitrogens with zero attached hydrogens (tertiary/aromatic N) is 1. The van der Waals surface area contributed by atoms with Crippen LogP contribution in [0.2, 0.25) is 5.02 Å². The van der Waals surface area contributed by atoms with E-state index >= 15 is 0 Å². The lowest BCUT2D eigenvalue weighted by atomic mass is 10.0. The number of hydrogen-bond acceptors (Lipinski definition) is 4. The monoisotopic (exact) mass is 362 g/mol. The summed E-state index contributed by atoms with van der Waals surface area (Å²) in [5, 5.41) is 14.5. The molecule has 1 heterocycles. The summed E-state index contributed by atoms with van der Waals surface area (Å²) in [7, 11) is 0. The van der Waals surface area contributed by atoms with Crippen LogP contribution in [0.5, 0.6) is 0 Å². The highest BCUT2D eigenvalue weighted by atomic mass is 35.5. The Kier molecular flexibility index (Phi) is 6.36. The van der Waals surface area contributed by atoms with Gasteiger partial charge in [0, 0.05) is 11.1 Å². The van der Waals surface area contributed by atoms with Crippen LogP contribution in [0.1, 0.15) is 42.2 Å². The predicted molar refractivity (Wildman–Crippen MR) is 92.9 cm³/mol. The second-order valence-corrected chi connectivity index (χ2v) is 6.15. The molecule has 0 aliphatic heterocycles. The molecule has 1 aromatic carbocycles. The molecule has 0 spiro atoms. The predicted octanol–water partition coefficient (Wildman–Crippen LogP) is 2.79. The Hall–Kier alpha value is -2.60. The first kappa shape index (κ1) is 18.7.